The predicted octanol–water partition coefficient (Wildman–Crippen LogP) is 4.15. The van der Waals surface area contributed by atoms with Crippen LogP contribution in [0.25, 0.3) is 0 Å². The van der Waals surface area contributed by atoms with Crippen molar-refractivity contribution in [3.05, 3.63) is 51.3 Å². The molecule has 0 radical (unpaired) electrons. The number of nitrogens with two attached hydrogens (primary N) is 1. The van der Waals surface area contributed by atoms with E-state index in [1.54, 1.807) is 0 Å². The number of thiocarbonyl (C=S) groups is 1. The van der Waals surface area contributed by atoms with Crippen LogP contribution in [0.4, 0.5) is 11.4 Å². The van der Waals surface area contributed by atoms with E-state index in [9.17, 15) is 0 Å². The summed E-state index contributed by atoms with van der Waals surface area (Å²) in [5.74, 6) is 0. The number of pyridine rings is 1. The van der Waals surface area contributed by atoms with Crippen molar-refractivity contribution in [2.24, 2.45) is 5.73 Å². The quantitative estimate of drug-likeness (QED) is 0.817. The van der Waals surface area contributed by atoms with Gasteiger partial charge in [0.1, 0.15) is 4.99 Å². The van der Waals surface area contributed by atoms with E-state index in [2.05, 4.69) is 26.2 Å². The van der Waals surface area contributed by atoms with Crippen molar-refractivity contribution in [3.63, 3.8) is 0 Å². The lowest BCUT2D eigenvalue weighted by atomic mass is 10.1. The first-order valence-corrected chi connectivity index (χ1v) is 7.40. The smallest absolute Gasteiger partial charge is 0.107 e. The Morgan fingerprint density at radius 1 is 1.25 bits per heavy atom. The standard InChI is InChI=1S/C15H16BrN3S/c1-8-5-4-6-11(14(8)16)19-12-7-9(2)18-10(3)13(12)15(17)20/h4-7H,1-3H3,(H2,17,20)(H,18,19). The third kappa shape index (κ3) is 2.99. The van der Waals surface area contributed by atoms with E-state index >= 15 is 0 Å². The highest BCUT2D eigenvalue weighted by atomic mass is 79.9. The van der Waals surface area contributed by atoms with Crippen LogP contribution in [0.2, 0.25) is 0 Å². The normalized spacial score (nSPS) is 10.4. The second-order valence-electron chi connectivity index (χ2n) is 4.70. The summed E-state index contributed by atoms with van der Waals surface area (Å²) >= 11 is 8.74. The van der Waals surface area contributed by atoms with Gasteiger partial charge in [-0.05, 0) is 54.4 Å². The number of hydrogen-bond donors (Lipinski definition) is 2. The molecule has 0 saturated heterocycles. The molecule has 0 amide bonds. The average molecular weight is 350 g/mol. The monoisotopic (exact) mass is 349 g/mol. The summed E-state index contributed by atoms with van der Waals surface area (Å²) < 4.78 is 1.03. The summed E-state index contributed by atoms with van der Waals surface area (Å²) in [5.41, 5.74) is 11.4. The number of anilines is 2. The van der Waals surface area contributed by atoms with Crippen molar-refractivity contribution in [3.8, 4) is 0 Å². The molecule has 0 saturated carbocycles. The highest BCUT2D eigenvalue weighted by Gasteiger charge is 2.12. The van der Waals surface area contributed by atoms with E-state index in [1.807, 2.05) is 45.0 Å². The average Bonchev–Trinajstić information content (AvgIpc) is 2.33. The molecule has 0 atom stereocenters. The molecule has 20 heavy (non-hydrogen) atoms. The third-order valence-electron chi connectivity index (χ3n) is 3.04. The van der Waals surface area contributed by atoms with E-state index in [1.165, 1.54) is 0 Å². The van der Waals surface area contributed by atoms with Crippen LogP contribution < -0.4 is 11.1 Å². The summed E-state index contributed by atoms with van der Waals surface area (Å²) in [6.45, 7) is 5.91. The first-order valence-electron chi connectivity index (χ1n) is 6.20. The van der Waals surface area contributed by atoms with E-state index in [-0.39, 0.29) is 0 Å². The zero-order valence-electron chi connectivity index (χ0n) is 11.6. The van der Waals surface area contributed by atoms with Crippen molar-refractivity contribution in [1.82, 2.24) is 4.98 Å². The van der Waals surface area contributed by atoms with Gasteiger partial charge < -0.3 is 11.1 Å². The van der Waals surface area contributed by atoms with Gasteiger partial charge in [-0.2, -0.15) is 0 Å². The van der Waals surface area contributed by atoms with Crippen LogP contribution >= 0.6 is 28.1 Å². The van der Waals surface area contributed by atoms with Crippen molar-refractivity contribution < 1.29 is 0 Å². The molecule has 3 nitrogen and oxygen atoms in total. The number of nitrogens with zero attached hydrogens (tertiary/aromatic N) is 1. The van der Waals surface area contributed by atoms with Crippen molar-refractivity contribution >= 4 is 44.5 Å². The van der Waals surface area contributed by atoms with Gasteiger partial charge in [0.25, 0.3) is 0 Å². The Morgan fingerprint density at radius 3 is 2.60 bits per heavy atom. The van der Waals surface area contributed by atoms with Gasteiger partial charge in [-0.25, -0.2) is 0 Å². The van der Waals surface area contributed by atoms with Crippen LogP contribution in [0, 0.1) is 20.8 Å². The minimum absolute atomic E-state index is 0.348. The number of rotatable bonds is 3. The van der Waals surface area contributed by atoms with Gasteiger partial charge in [-0.3, -0.25) is 4.98 Å². The molecule has 0 aliphatic carbocycles. The fraction of sp³-hybridized carbons (Fsp3) is 0.200. The first-order chi connectivity index (χ1) is 9.40. The predicted molar refractivity (Wildman–Crippen MR) is 91.8 cm³/mol. The van der Waals surface area contributed by atoms with Gasteiger partial charge in [0.15, 0.2) is 0 Å². The number of nitrogens with one attached hydrogen (secondary N) is 1. The minimum Gasteiger partial charge on any atom is -0.389 e. The molecule has 0 fully saturated rings. The molecule has 1 aromatic heterocycles. The van der Waals surface area contributed by atoms with Gasteiger partial charge >= 0.3 is 0 Å². The SMILES string of the molecule is Cc1cc(Nc2cccc(C)c2Br)c(C(N)=S)c(C)n1. The largest absolute Gasteiger partial charge is 0.389 e. The van der Waals surface area contributed by atoms with E-state index in [4.69, 9.17) is 18.0 Å². The summed E-state index contributed by atoms with van der Waals surface area (Å²) in [4.78, 5) is 4.77. The number of benzene rings is 1. The second kappa shape index (κ2) is 5.89. The van der Waals surface area contributed by atoms with E-state index in [0.717, 1.165) is 38.4 Å². The maximum atomic E-state index is 5.83. The fourth-order valence-corrected chi connectivity index (χ4v) is 2.75. The Kier molecular flexibility index (Phi) is 4.40. The lowest BCUT2D eigenvalue weighted by Gasteiger charge is -2.16. The molecule has 0 bridgehead atoms. The van der Waals surface area contributed by atoms with Crippen LogP contribution in [0.1, 0.15) is 22.5 Å². The Morgan fingerprint density at radius 2 is 1.95 bits per heavy atom. The maximum Gasteiger partial charge on any atom is 0.107 e. The molecule has 0 aliphatic heterocycles. The Balaban J connectivity index is 2.53. The van der Waals surface area contributed by atoms with Gasteiger partial charge in [0.05, 0.1) is 16.9 Å². The highest BCUT2D eigenvalue weighted by molar-refractivity contribution is 9.10. The summed E-state index contributed by atoms with van der Waals surface area (Å²) in [6.07, 6.45) is 0. The van der Waals surface area contributed by atoms with E-state index in [0.29, 0.717) is 4.99 Å². The maximum absolute atomic E-state index is 5.83. The number of hydrogen-bond acceptors (Lipinski definition) is 3. The molecule has 1 heterocycles. The van der Waals surface area contributed by atoms with Gasteiger partial charge in [0.2, 0.25) is 0 Å². The van der Waals surface area contributed by atoms with Crippen LogP contribution in [-0.4, -0.2) is 9.97 Å². The molecule has 2 rings (SSSR count). The van der Waals surface area contributed by atoms with Gasteiger partial charge in [-0.1, -0.05) is 24.4 Å². The van der Waals surface area contributed by atoms with Crippen molar-refractivity contribution in [1.29, 1.82) is 0 Å². The summed E-state index contributed by atoms with van der Waals surface area (Å²) in [5, 5.41) is 3.39. The third-order valence-corrected chi connectivity index (χ3v) is 4.29. The van der Waals surface area contributed by atoms with Crippen LogP contribution in [0.15, 0.2) is 28.7 Å². The highest BCUT2D eigenvalue weighted by Crippen LogP contribution is 2.30. The summed E-state index contributed by atoms with van der Waals surface area (Å²) in [7, 11) is 0. The number of halogens is 1. The van der Waals surface area contributed by atoms with Crippen molar-refractivity contribution in [2.45, 2.75) is 20.8 Å². The molecule has 0 unspecified atom stereocenters. The van der Waals surface area contributed by atoms with Gasteiger partial charge in [0, 0.05) is 15.9 Å². The second-order valence-corrected chi connectivity index (χ2v) is 5.93. The van der Waals surface area contributed by atoms with Crippen LogP contribution in [0.5, 0.6) is 0 Å². The number of aryl methyl sites for hydroxylation is 3. The van der Waals surface area contributed by atoms with E-state index < -0.39 is 0 Å². The molecular formula is C15H16BrN3S. The minimum atomic E-state index is 0.348. The van der Waals surface area contributed by atoms with Gasteiger partial charge in [-0.15, -0.1) is 0 Å². The van der Waals surface area contributed by atoms with Crippen LogP contribution in [0.3, 0.4) is 0 Å². The molecule has 0 spiro atoms. The number of aromatic nitrogens is 1. The lowest BCUT2D eigenvalue weighted by molar-refractivity contribution is 1.11. The Labute approximate surface area is 132 Å². The molecule has 0 aliphatic rings. The molecular weight excluding hydrogens is 334 g/mol. The Hall–Kier alpha value is -1.46. The Bertz CT molecular complexity index is 683. The summed E-state index contributed by atoms with van der Waals surface area (Å²) in [6, 6.07) is 8.01. The molecule has 3 N–H and O–H groups in total. The molecule has 5 heteroatoms. The topological polar surface area (TPSA) is 50.9 Å². The van der Waals surface area contributed by atoms with Crippen molar-refractivity contribution in [2.75, 3.05) is 5.32 Å². The lowest BCUT2D eigenvalue weighted by Crippen LogP contribution is -2.15. The molecule has 1 aromatic carbocycles. The first kappa shape index (κ1) is 14.9. The zero-order chi connectivity index (χ0) is 14.9. The fourth-order valence-electron chi connectivity index (χ4n) is 2.13. The zero-order valence-corrected chi connectivity index (χ0v) is 14.0. The van der Waals surface area contributed by atoms with Crippen LogP contribution in [-0.2, 0) is 0 Å². The molecule has 2 aromatic rings. The molecule has 104 valence electrons.